The van der Waals surface area contributed by atoms with Crippen LogP contribution in [-0.4, -0.2) is 33.7 Å². The number of thiophene rings is 1. The second-order valence-electron chi connectivity index (χ2n) is 7.57. The van der Waals surface area contributed by atoms with Crippen LogP contribution in [0, 0.1) is 12.8 Å². The predicted octanol–water partition coefficient (Wildman–Crippen LogP) is 2.67. The largest absolute Gasteiger partial charge is 0.469 e. The van der Waals surface area contributed by atoms with Gasteiger partial charge in [0.05, 0.1) is 16.5 Å². The van der Waals surface area contributed by atoms with E-state index in [1.807, 2.05) is 13.0 Å². The topological polar surface area (TPSA) is 97.4 Å². The standard InChI is InChI=1S/C21H25N3O4S/c1-13-17-20(23-16-7-3-2-4-8-24(16)21(17)27)29-18(13)19(26)22-11-14(12-25)10-15-6-5-9-28-15/h5-6,9,14,25H,2-4,7-8,10-12H2,1H3,(H,22,26)/t14-/m1/s1. The SMILES string of the molecule is Cc1c(C(=O)NC[C@H](CO)Cc2ccco2)sc2nc3n(c(=O)c12)CCCCC3. The molecule has 1 aliphatic heterocycles. The maximum atomic E-state index is 13.0. The lowest BCUT2D eigenvalue weighted by Crippen LogP contribution is -2.31. The van der Waals surface area contributed by atoms with Crippen LogP contribution in [0.4, 0.5) is 0 Å². The minimum Gasteiger partial charge on any atom is -0.469 e. The molecule has 154 valence electrons. The number of carbonyl (C=O) groups is 1. The molecule has 29 heavy (non-hydrogen) atoms. The molecule has 0 bridgehead atoms. The number of amides is 1. The third kappa shape index (κ3) is 4.00. The lowest BCUT2D eigenvalue weighted by molar-refractivity contribution is 0.0942. The lowest BCUT2D eigenvalue weighted by atomic mass is 10.1. The molecule has 0 unspecified atom stereocenters. The van der Waals surface area contributed by atoms with Crippen LogP contribution in [0.3, 0.4) is 0 Å². The number of furan rings is 1. The summed E-state index contributed by atoms with van der Waals surface area (Å²) >= 11 is 1.27. The maximum Gasteiger partial charge on any atom is 0.262 e. The summed E-state index contributed by atoms with van der Waals surface area (Å²) in [6.45, 7) is 2.78. The zero-order valence-electron chi connectivity index (χ0n) is 16.4. The molecule has 4 heterocycles. The van der Waals surface area contributed by atoms with Gasteiger partial charge in [-0.2, -0.15) is 0 Å². The van der Waals surface area contributed by atoms with E-state index in [9.17, 15) is 14.7 Å². The van der Waals surface area contributed by atoms with E-state index >= 15 is 0 Å². The fraction of sp³-hybridized carbons (Fsp3) is 0.476. The zero-order valence-corrected chi connectivity index (χ0v) is 17.3. The van der Waals surface area contributed by atoms with Gasteiger partial charge in [0.25, 0.3) is 11.5 Å². The van der Waals surface area contributed by atoms with Gasteiger partial charge in [-0.15, -0.1) is 11.3 Å². The third-order valence-corrected chi connectivity index (χ3v) is 6.68. The van der Waals surface area contributed by atoms with Crippen LogP contribution < -0.4 is 10.9 Å². The van der Waals surface area contributed by atoms with Gasteiger partial charge < -0.3 is 14.8 Å². The van der Waals surface area contributed by atoms with Gasteiger partial charge in [0, 0.05) is 38.5 Å². The molecule has 0 fully saturated rings. The summed E-state index contributed by atoms with van der Waals surface area (Å²) in [4.78, 5) is 31.7. The van der Waals surface area contributed by atoms with Crippen LogP contribution in [-0.2, 0) is 19.4 Å². The van der Waals surface area contributed by atoms with Crippen molar-refractivity contribution < 1.29 is 14.3 Å². The average Bonchev–Trinajstić information content (AvgIpc) is 3.26. The van der Waals surface area contributed by atoms with E-state index in [0.29, 0.717) is 40.2 Å². The molecular formula is C21H25N3O4S. The Balaban J connectivity index is 1.55. The number of nitrogens with zero attached hydrogens (tertiary/aromatic N) is 2. The smallest absolute Gasteiger partial charge is 0.262 e. The summed E-state index contributed by atoms with van der Waals surface area (Å²) in [5.41, 5.74) is 0.650. The Bertz CT molecular complexity index is 1070. The second kappa shape index (κ2) is 8.51. The molecule has 0 aliphatic carbocycles. The van der Waals surface area contributed by atoms with Crippen molar-refractivity contribution >= 4 is 27.5 Å². The van der Waals surface area contributed by atoms with Gasteiger partial charge >= 0.3 is 0 Å². The first kappa shape index (κ1) is 19.8. The predicted molar refractivity (Wildman–Crippen MR) is 111 cm³/mol. The summed E-state index contributed by atoms with van der Waals surface area (Å²) in [6.07, 6.45) is 6.06. The number of nitrogens with one attached hydrogen (secondary N) is 1. The third-order valence-electron chi connectivity index (χ3n) is 5.50. The Morgan fingerprint density at radius 1 is 1.41 bits per heavy atom. The number of rotatable bonds is 6. The number of aryl methyl sites for hydroxylation is 2. The molecular weight excluding hydrogens is 390 g/mol. The first-order chi connectivity index (χ1) is 14.1. The van der Waals surface area contributed by atoms with E-state index in [2.05, 4.69) is 5.32 Å². The molecule has 4 rings (SSSR count). The van der Waals surface area contributed by atoms with Crippen LogP contribution in [0.2, 0.25) is 0 Å². The van der Waals surface area contributed by atoms with Gasteiger partial charge in [0.1, 0.15) is 16.4 Å². The minimum atomic E-state index is -0.233. The van der Waals surface area contributed by atoms with Gasteiger partial charge in [-0.05, 0) is 37.5 Å². The van der Waals surface area contributed by atoms with E-state index < -0.39 is 0 Å². The first-order valence-electron chi connectivity index (χ1n) is 10.0. The van der Waals surface area contributed by atoms with Crippen molar-refractivity contribution in [2.75, 3.05) is 13.2 Å². The molecule has 1 aliphatic rings. The van der Waals surface area contributed by atoms with Crippen molar-refractivity contribution in [3.8, 4) is 0 Å². The molecule has 7 nitrogen and oxygen atoms in total. The quantitative estimate of drug-likeness (QED) is 0.645. The van der Waals surface area contributed by atoms with Crippen molar-refractivity contribution in [1.29, 1.82) is 0 Å². The Hall–Kier alpha value is -2.45. The number of hydrogen-bond acceptors (Lipinski definition) is 6. The summed E-state index contributed by atoms with van der Waals surface area (Å²) in [5, 5.41) is 13.1. The summed E-state index contributed by atoms with van der Waals surface area (Å²) in [7, 11) is 0. The molecule has 8 heteroatoms. The van der Waals surface area contributed by atoms with Crippen molar-refractivity contribution in [1.82, 2.24) is 14.9 Å². The lowest BCUT2D eigenvalue weighted by Gasteiger charge is -2.13. The Morgan fingerprint density at radius 3 is 3.03 bits per heavy atom. The van der Waals surface area contributed by atoms with Gasteiger partial charge in [-0.3, -0.25) is 14.2 Å². The number of aliphatic hydroxyl groups is 1. The molecule has 3 aromatic rings. The van der Waals surface area contributed by atoms with Crippen LogP contribution in [0.25, 0.3) is 10.2 Å². The van der Waals surface area contributed by atoms with Crippen molar-refractivity contribution in [3.63, 3.8) is 0 Å². The van der Waals surface area contributed by atoms with E-state index in [-0.39, 0.29) is 24.0 Å². The van der Waals surface area contributed by atoms with Gasteiger partial charge in [-0.25, -0.2) is 4.98 Å². The summed E-state index contributed by atoms with van der Waals surface area (Å²) < 4.78 is 7.10. The second-order valence-corrected chi connectivity index (χ2v) is 8.57. The van der Waals surface area contributed by atoms with E-state index in [1.54, 1.807) is 16.9 Å². The van der Waals surface area contributed by atoms with Gasteiger partial charge in [0.15, 0.2) is 0 Å². The Kier molecular flexibility index (Phi) is 5.82. The molecule has 2 N–H and O–H groups in total. The fourth-order valence-corrected chi connectivity index (χ4v) is 4.97. The maximum absolute atomic E-state index is 13.0. The van der Waals surface area contributed by atoms with Crippen LogP contribution in [0.15, 0.2) is 27.6 Å². The molecule has 0 saturated carbocycles. The fourth-order valence-electron chi connectivity index (χ4n) is 3.86. The molecule has 0 spiro atoms. The van der Waals surface area contributed by atoms with Crippen LogP contribution >= 0.6 is 11.3 Å². The molecule has 1 amide bonds. The number of hydrogen-bond donors (Lipinski definition) is 2. The van der Waals surface area contributed by atoms with Crippen LogP contribution in [0.5, 0.6) is 0 Å². The van der Waals surface area contributed by atoms with Gasteiger partial charge in [-0.1, -0.05) is 6.42 Å². The number of aromatic nitrogens is 2. The number of fused-ring (bicyclic) bond motifs is 2. The highest BCUT2D eigenvalue weighted by Crippen LogP contribution is 2.28. The van der Waals surface area contributed by atoms with Crippen molar-refractivity contribution in [3.05, 3.63) is 50.8 Å². The Labute approximate surface area is 172 Å². The average molecular weight is 416 g/mol. The monoisotopic (exact) mass is 415 g/mol. The molecule has 0 radical (unpaired) electrons. The normalized spacial score (nSPS) is 15.1. The highest BCUT2D eigenvalue weighted by molar-refractivity contribution is 7.20. The van der Waals surface area contributed by atoms with Crippen molar-refractivity contribution in [2.45, 2.75) is 45.6 Å². The molecule has 1 atom stereocenters. The van der Waals surface area contributed by atoms with Crippen LogP contribution in [0.1, 0.15) is 46.1 Å². The minimum absolute atomic E-state index is 0.0363. The van der Waals surface area contributed by atoms with E-state index in [1.165, 1.54) is 11.3 Å². The number of aliphatic hydroxyl groups excluding tert-OH is 1. The molecule has 3 aromatic heterocycles. The summed E-state index contributed by atoms with van der Waals surface area (Å²) in [5.74, 6) is 1.23. The van der Waals surface area contributed by atoms with E-state index in [4.69, 9.17) is 9.40 Å². The summed E-state index contributed by atoms with van der Waals surface area (Å²) in [6, 6.07) is 3.65. The van der Waals surface area contributed by atoms with Gasteiger partial charge in [0.2, 0.25) is 0 Å². The highest BCUT2D eigenvalue weighted by atomic mass is 32.1. The molecule has 0 saturated heterocycles. The highest BCUT2D eigenvalue weighted by Gasteiger charge is 2.23. The van der Waals surface area contributed by atoms with E-state index in [0.717, 1.165) is 37.3 Å². The Morgan fingerprint density at radius 2 is 2.28 bits per heavy atom. The zero-order chi connectivity index (χ0) is 20.4. The number of carbonyl (C=O) groups excluding carboxylic acids is 1. The molecule has 0 aromatic carbocycles. The van der Waals surface area contributed by atoms with Crippen molar-refractivity contribution in [2.24, 2.45) is 5.92 Å². The first-order valence-corrected chi connectivity index (χ1v) is 10.8.